The Hall–Kier alpha value is -1.16. The summed E-state index contributed by atoms with van der Waals surface area (Å²) in [5.74, 6) is 0.355. The van der Waals surface area contributed by atoms with Gasteiger partial charge in [-0.05, 0) is 48.2 Å². The van der Waals surface area contributed by atoms with Crippen molar-refractivity contribution in [2.24, 2.45) is 0 Å². The highest BCUT2D eigenvalue weighted by atomic mass is 35.5. The summed E-state index contributed by atoms with van der Waals surface area (Å²) in [7, 11) is -7.57. The molecule has 0 spiro atoms. The van der Waals surface area contributed by atoms with E-state index in [0.29, 0.717) is 5.92 Å². The van der Waals surface area contributed by atoms with Gasteiger partial charge in [0.2, 0.25) is 20.0 Å². The Morgan fingerprint density at radius 2 is 1.40 bits per heavy atom. The molecule has 30 heavy (non-hydrogen) atoms. The summed E-state index contributed by atoms with van der Waals surface area (Å²) in [6.07, 6.45) is 0.971. The van der Waals surface area contributed by atoms with Crippen LogP contribution in [0.15, 0.2) is 52.3 Å². The van der Waals surface area contributed by atoms with Gasteiger partial charge in [0.25, 0.3) is 0 Å². The van der Waals surface area contributed by atoms with E-state index in [9.17, 15) is 16.8 Å². The van der Waals surface area contributed by atoms with Crippen molar-refractivity contribution in [1.29, 1.82) is 0 Å². The van der Waals surface area contributed by atoms with E-state index >= 15 is 0 Å². The lowest BCUT2D eigenvalue weighted by molar-refractivity contribution is 0.273. The topological polar surface area (TPSA) is 74.8 Å². The second kappa shape index (κ2) is 9.14. The molecule has 6 nitrogen and oxygen atoms in total. The van der Waals surface area contributed by atoms with Gasteiger partial charge in [-0.3, -0.25) is 0 Å². The van der Waals surface area contributed by atoms with Crippen molar-refractivity contribution in [2.45, 2.75) is 36.0 Å². The molecule has 1 aliphatic rings. The van der Waals surface area contributed by atoms with Crippen LogP contribution < -0.4 is 0 Å². The second-order valence-corrected chi connectivity index (χ2v) is 11.9. The lowest BCUT2D eigenvalue weighted by Crippen LogP contribution is -2.50. The molecule has 3 rings (SSSR count). The van der Waals surface area contributed by atoms with Crippen molar-refractivity contribution in [3.05, 3.63) is 58.1 Å². The molecule has 0 radical (unpaired) electrons. The van der Waals surface area contributed by atoms with E-state index in [0.717, 1.165) is 12.0 Å². The Balaban J connectivity index is 1.75. The molecule has 0 N–H and O–H groups in total. The van der Waals surface area contributed by atoms with Crippen LogP contribution in [-0.2, 0) is 20.0 Å². The Kier molecular flexibility index (Phi) is 7.16. The largest absolute Gasteiger partial charge is 0.244 e. The van der Waals surface area contributed by atoms with E-state index in [1.165, 1.54) is 26.8 Å². The summed E-state index contributed by atoms with van der Waals surface area (Å²) in [5, 5.41) is 0.343. The molecule has 1 heterocycles. The maximum atomic E-state index is 13.0. The summed E-state index contributed by atoms with van der Waals surface area (Å²) in [5.41, 5.74) is 1.09. The van der Waals surface area contributed by atoms with Crippen molar-refractivity contribution < 1.29 is 16.8 Å². The number of nitrogens with zero attached hydrogens (tertiary/aromatic N) is 2. The summed E-state index contributed by atoms with van der Waals surface area (Å²) >= 11 is 12.0. The van der Waals surface area contributed by atoms with E-state index in [2.05, 4.69) is 13.8 Å². The fourth-order valence-corrected chi connectivity index (χ4v) is 6.90. The van der Waals surface area contributed by atoms with Gasteiger partial charge in [-0.25, -0.2) is 16.8 Å². The molecule has 0 bridgehead atoms. The minimum absolute atomic E-state index is 0.0371. The fraction of sp³-hybridized carbons (Fsp3) is 0.400. The molecule has 0 amide bonds. The Morgan fingerprint density at radius 1 is 0.867 bits per heavy atom. The molecule has 0 saturated carbocycles. The lowest BCUT2D eigenvalue weighted by Gasteiger charge is -2.33. The highest BCUT2D eigenvalue weighted by molar-refractivity contribution is 7.89. The molecule has 1 unspecified atom stereocenters. The zero-order valence-electron chi connectivity index (χ0n) is 16.8. The molecule has 0 aromatic heterocycles. The van der Waals surface area contributed by atoms with Gasteiger partial charge in [-0.2, -0.15) is 8.61 Å². The van der Waals surface area contributed by atoms with Crippen molar-refractivity contribution >= 4 is 43.2 Å². The Labute approximate surface area is 188 Å². The number of piperazine rings is 1. The molecule has 164 valence electrons. The van der Waals surface area contributed by atoms with Gasteiger partial charge in [0.05, 0.1) is 9.92 Å². The van der Waals surface area contributed by atoms with Crippen LogP contribution in [0, 0.1) is 0 Å². The van der Waals surface area contributed by atoms with Crippen LogP contribution in [0.3, 0.4) is 0 Å². The minimum atomic E-state index is -3.87. The van der Waals surface area contributed by atoms with E-state index in [-0.39, 0.29) is 46.0 Å². The molecular formula is C20H24Cl2N2O4S2. The third-order valence-electron chi connectivity index (χ3n) is 5.41. The Morgan fingerprint density at radius 3 is 1.93 bits per heavy atom. The predicted octanol–water partition coefficient (Wildman–Crippen LogP) is 4.20. The molecule has 1 saturated heterocycles. The molecule has 2 aromatic carbocycles. The number of benzene rings is 2. The van der Waals surface area contributed by atoms with Crippen LogP contribution in [0.4, 0.5) is 0 Å². The first-order chi connectivity index (χ1) is 14.1. The first kappa shape index (κ1) is 23.5. The highest BCUT2D eigenvalue weighted by Crippen LogP contribution is 2.29. The quantitative estimate of drug-likeness (QED) is 0.607. The van der Waals surface area contributed by atoms with E-state index in [1.54, 1.807) is 12.1 Å². The number of rotatable bonds is 6. The van der Waals surface area contributed by atoms with Gasteiger partial charge < -0.3 is 0 Å². The van der Waals surface area contributed by atoms with Crippen molar-refractivity contribution in [3.63, 3.8) is 0 Å². The van der Waals surface area contributed by atoms with Gasteiger partial charge in [-0.15, -0.1) is 0 Å². The zero-order valence-corrected chi connectivity index (χ0v) is 19.9. The van der Waals surface area contributed by atoms with Gasteiger partial charge in [0, 0.05) is 31.2 Å². The normalized spacial score (nSPS) is 17.7. The smallest absolute Gasteiger partial charge is 0.207 e. The predicted molar refractivity (Wildman–Crippen MR) is 119 cm³/mol. The Bertz CT molecular complexity index is 1110. The molecule has 1 atom stereocenters. The van der Waals surface area contributed by atoms with Crippen molar-refractivity contribution in [3.8, 4) is 0 Å². The van der Waals surface area contributed by atoms with Gasteiger partial charge in [-0.1, -0.05) is 49.2 Å². The van der Waals surface area contributed by atoms with Gasteiger partial charge in [0.15, 0.2) is 0 Å². The standard InChI is InChI=1S/C20H24Cl2N2O4S2/c1-3-15(2)16-4-7-18(8-5-16)29(25,26)23-10-12-24(13-11-23)30(27,28)20-14-17(21)6-9-19(20)22/h4-9,14-15H,3,10-13H2,1-2H3. The monoisotopic (exact) mass is 490 g/mol. The number of hydrogen-bond donors (Lipinski definition) is 0. The lowest BCUT2D eigenvalue weighted by atomic mass is 9.99. The van der Waals surface area contributed by atoms with E-state index < -0.39 is 20.0 Å². The molecule has 1 fully saturated rings. The van der Waals surface area contributed by atoms with Crippen LogP contribution in [0.5, 0.6) is 0 Å². The van der Waals surface area contributed by atoms with E-state index in [4.69, 9.17) is 23.2 Å². The van der Waals surface area contributed by atoms with Gasteiger partial charge in [0.1, 0.15) is 4.90 Å². The van der Waals surface area contributed by atoms with Crippen molar-refractivity contribution in [1.82, 2.24) is 8.61 Å². The summed E-state index contributed by atoms with van der Waals surface area (Å²) < 4.78 is 54.4. The van der Waals surface area contributed by atoms with Crippen LogP contribution >= 0.6 is 23.2 Å². The molecular weight excluding hydrogens is 467 g/mol. The van der Waals surface area contributed by atoms with Crippen LogP contribution in [-0.4, -0.2) is 51.6 Å². The average molecular weight is 491 g/mol. The zero-order chi connectivity index (χ0) is 22.1. The van der Waals surface area contributed by atoms with Gasteiger partial charge >= 0.3 is 0 Å². The average Bonchev–Trinajstić information content (AvgIpc) is 2.75. The molecule has 10 heteroatoms. The summed E-state index contributed by atoms with van der Waals surface area (Å²) in [4.78, 5) is 0.136. The van der Waals surface area contributed by atoms with Crippen LogP contribution in [0.25, 0.3) is 0 Å². The summed E-state index contributed by atoms with van der Waals surface area (Å²) in [6.45, 7) is 4.37. The maximum absolute atomic E-state index is 13.0. The van der Waals surface area contributed by atoms with Crippen molar-refractivity contribution in [2.75, 3.05) is 26.2 Å². The molecule has 0 aliphatic carbocycles. The first-order valence-corrected chi connectivity index (χ1v) is 13.3. The number of hydrogen-bond acceptors (Lipinski definition) is 4. The van der Waals surface area contributed by atoms with E-state index in [1.807, 2.05) is 12.1 Å². The second-order valence-electron chi connectivity index (χ2n) is 7.26. The fourth-order valence-electron chi connectivity index (χ4n) is 3.32. The van der Waals surface area contributed by atoms with Crippen LogP contribution in [0.2, 0.25) is 10.0 Å². The minimum Gasteiger partial charge on any atom is -0.207 e. The third kappa shape index (κ3) is 4.69. The number of sulfonamides is 2. The summed E-state index contributed by atoms with van der Waals surface area (Å²) in [6, 6.07) is 11.2. The van der Waals surface area contributed by atoms with Crippen LogP contribution in [0.1, 0.15) is 31.7 Å². The number of halogens is 2. The SMILES string of the molecule is CCC(C)c1ccc(S(=O)(=O)N2CCN(S(=O)(=O)c3cc(Cl)ccc3Cl)CC2)cc1. The maximum Gasteiger partial charge on any atom is 0.244 e. The first-order valence-electron chi connectivity index (χ1n) is 9.62. The third-order valence-corrected chi connectivity index (χ3v) is 9.94. The highest BCUT2D eigenvalue weighted by Gasteiger charge is 2.34. The molecule has 1 aliphatic heterocycles. The molecule has 2 aromatic rings.